The van der Waals surface area contributed by atoms with E-state index in [1.807, 2.05) is 6.92 Å². The Morgan fingerprint density at radius 2 is 2.12 bits per heavy atom. The normalized spacial score (nSPS) is 27.6. The number of amides is 1. The highest BCUT2D eigenvalue weighted by Gasteiger charge is 2.36. The summed E-state index contributed by atoms with van der Waals surface area (Å²) in [4.78, 5) is 24.4. The van der Waals surface area contributed by atoms with Crippen molar-refractivity contribution in [2.45, 2.75) is 38.8 Å². The van der Waals surface area contributed by atoms with E-state index >= 15 is 0 Å². The average Bonchev–Trinajstić information content (AvgIpc) is 2.26. The zero-order valence-electron chi connectivity index (χ0n) is 9.97. The molecule has 1 aliphatic heterocycles. The second kappa shape index (κ2) is 5.30. The summed E-state index contributed by atoms with van der Waals surface area (Å²) in [5.41, 5.74) is 0. The van der Waals surface area contributed by atoms with Crippen molar-refractivity contribution in [2.24, 2.45) is 5.92 Å². The second-order valence-electron chi connectivity index (χ2n) is 4.39. The third kappa shape index (κ3) is 2.72. The maximum atomic E-state index is 11.9. The highest BCUT2D eigenvalue weighted by Crippen LogP contribution is 2.23. The van der Waals surface area contributed by atoms with Crippen LogP contribution in [0.1, 0.15) is 26.7 Å². The largest absolute Gasteiger partial charge is 0.480 e. The van der Waals surface area contributed by atoms with Gasteiger partial charge < -0.3 is 14.7 Å². The van der Waals surface area contributed by atoms with Gasteiger partial charge in [-0.05, 0) is 25.7 Å². The first kappa shape index (κ1) is 13.0. The van der Waals surface area contributed by atoms with Crippen LogP contribution in [-0.4, -0.2) is 47.7 Å². The number of carboxylic acid groups (broad SMARTS) is 1. The quantitative estimate of drug-likeness (QED) is 0.774. The molecule has 0 saturated carbocycles. The molecule has 5 nitrogen and oxygen atoms in total. The van der Waals surface area contributed by atoms with Gasteiger partial charge in [-0.1, -0.05) is 6.92 Å². The van der Waals surface area contributed by atoms with Crippen LogP contribution in [0.5, 0.6) is 0 Å². The van der Waals surface area contributed by atoms with E-state index in [-0.39, 0.29) is 5.91 Å². The van der Waals surface area contributed by atoms with E-state index in [2.05, 4.69) is 0 Å². The molecule has 0 aromatic rings. The Morgan fingerprint density at radius 3 is 2.62 bits per heavy atom. The van der Waals surface area contributed by atoms with Crippen molar-refractivity contribution < 1.29 is 19.4 Å². The lowest BCUT2D eigenvalue weighted by molar-refractivity contribution is -0.157. The van der Waals surface area contributed by atoms with E-state index < -0.39 is 18.1 Å². The van der Waals surface area contributed by atoms with Gasteiger partial charge in [0.1, 0.15) is 12.1 Å². The number of rotatable bonds is 3. The molecular formula is C11H19NO4. The van der Waals surface area contributed by atoms with Crippen LogP contribution >= 0.6 is 0 Å². The lowest BCUT2D eigenvalue weighted by Gasteiger charge is -2.37. The molecule has 92 valence electrons. The van der Waals surface area contributed by atoms with Crippen LogP contribution < -0.4 is 0 Å². The van der Waals surface area contributed by atoms with Gasteiger partial charge in [0.2, 0.25) is 0 Å². The maximum Gasteiger partial charge on any atom is 0.326 e. The fraction of sp³-hybridized carbons (Fsp3) is 0.818. The molecule has 1 aliphatic rings. The minimum atomic E-state index is -0.928. The predicted molar refractivity (Wildman–Crippen MR) is 58.0 cm³/mol. The van der Waals surface area contributed by atoms with Crippen LogP contribution in [0.2, 0.25) is 0 Å². The van der Waals surface area contributed by atoms with Gasteiger partial charge in [0.25, 0.3) is 5.91 Å². The van der Waals surface area contributed by atoms with Gasteiger partial charge >= 0.3 is 5.97 Å². The van der Waals surface area contributed by atoms with Crippen LogP contribution in [0.15, 0.2) is 0 Å². The van der Waals surface area contributed by atoms with E-state index in [4.69, 9.17) is 9.84 Å². The van der Waals surface area contributed by atoms with Crippen molar-refractivity contribution >= 4 is 11.9 Å². The number of methoxy groups -OCH3 is 1. The Labute approximate surface area is 95.4 Å². The minimum absolute atomic E-state index is 0.234. The van der Waals surface area contributed by atoms with Gasteiger partial charge in [0.15, 0.2) is 0 Å². The first-order valence-corrected chi connectivity index (χ1v) is 5.53. The maximum absolute atomic E-state index is 11.9. The topological polar surface area (TPSA) is 66.8 Å². The summed E-state index contributed by atoms with van der Waals surface area (Å²) >= 11 is 0. The Hall–Kier alpha value is -1.10. The zero-order chi connectivity index (χ0) is 12.3. The average molecular weight is 229 g/mol. The molecule has 1 saturated heterocycles. The highest BCUT2D eigenvalue weighted by molar-refractivity contribution is 5.86. The lowest BCUT2D eigenvalue weighted by atomic mass is 9.92. The first-order chi connectivity index (χ1) is 7.47. The van der Waals surface area contributed by atoms with Gasteiger partial charge in [-0.3, -0.25) is 4.79 Å². The number of hydrogen-bond acceptors (Lipinski definition) is 3. The fourth-order valence-corrected chi connectivity index (χ4v) is 1.97. The van der Waals surface area contributed by atoms with E-state index in [9.17, 15) is 9.59 Å². The molecule has 16 heavy (non-hydrogen) atoms. The highest BCUT2D eigenvalue weighted by atomic mass is 16.5. The first-order valence-electron chi connectivity index (χ1n) is 5.53. The van der Waals surface area contributed by atoms with Gasteiger partial charge in [0.05, 0.1) is 0 Å². The summed E-state index contributed by atoms with van der Waals surface area (Å²) in [5, 5.41) is 9.10. The standard InChI is InChI=1S/C11H19NO4/c1-7-4-5-12(9(6-7)11(14)15)10(13)8(2)16-3/h7-9H,4-6H2,1-3H3,(H,14,15). The smallest absolute Gasteiger partial charge is 0.326 e. The summed E-state index contributed by atoms with van der Waals surface area (Å²) in [6, 6.07) is -0.700. The summed E-state index contributed by atoms with van der Waals surface area (Å²) in [5.74, 6) is -0.812. The summed E-state index contributed by atoms with van der Waals surface area (Å²) in [6.07, 6.45) is 0.805. The molecule has 0 spiro atoms. The second-order valence-corrected chi connectivity index (χ2v) is 4.39. The number of ether oxygens (including phenoxy) is 1. The van der Waals surface area contributed by atoms with Crippen LogP contribution in [0, 0.1) is 5.92 Å². The SMILES string of the molecule is COC(C)C(=O)N1CCC(C)CC1C(=O)O. The van der Waals surface area contributed by atoms with Crippen LogP contribution in [0.4, 0.5) is 0 Å². The van der Waals surface area contributed by atoms with Gasteiger partial charge in [0, 0.05) is 13.7 Å². The molecule has 0 bridgehead atoms. The van der Waals surface area contributed by atoms with E-state index in [1.165, 1.54) is 12.0 Å². The molecule has 0 aromatic heterocycles. The van der Waals surface area contributed by atoms with Crippen molar-refractivity contribution in [3.63, 3.8) is 0 Å². The van der Waals surface area contributed by atoms with Crippen molar-refractivity contribution in [3.05, 3.63) is 0 Å². The van der Waals surface area contributed by atoms with Crippen LogP contribution in [0.3, 0.4) is 0 Å². The number of carboxylic acids is 1. The monoisotopic (exact) mass is 229 g/mol. The van der Waals surface area contributed by atoms with Crippen LogP contribution in [-0.2, 0) is 14.3 Å². The molecule has 1 rings (SSSR count). The Balaban J connectivity index is 2.76. The van der Waals surface area contributed by atoms with Crippen molar-refractivity contribution in [1.82, 2.24) is 4.90 Å². The number of likely N-dealkylation sites (tertiary alicyclic amines) is 1. The van der Waals surface area contributed by atoms with Crippen LogP contribution in [0.25, 0.3) is 0 Å². The molecule has 3 unspecified atom stereocenters. The molecule has 1 amide bonds. The summed E-state index contributed by atoms with van der Waals surface area (Å²) in [6.45, 7) is 4.15. The molecule has 5 heteroatoms. The predicted octanol–water partition coefficient (Wildman–Crippen LogP) is 0.733. The van der Waals surface area contributed by atoms with E-state index in [0.29, 0.717) is 18.9 Å². The van der Waals surface area contributed by atoms with Gasteiger partial charge in [-0.25, -0.2) is 4.79 Å². The Bertz CT molecular complexity index is 279. The van der Waals surface area contributed by atoms with Crippen molar-refractivity contribution in [1.29, 1.82) is 0 Å². The van der Waals surface area contributed by atoms with E-state index in [1.54, 1.807) is 6.92 Å². The van der Waals surface area contributed by atoms with E-state index in [0.717, 1.165) is 6.42 Å². The molecule has 1 fully saturated rings. The molecule has 1 N–H and O–H groups in total. The Kier molecular flexibility index (Phi) is 4.29. The number of nitrogens with zero attached hydrogens (tertiary/aromatic N) is 1. The molecule has 1 heterocycles. The number of aliphatic carboxylic acids is 1. The molecular weight excluding hydrogens is 210 g/mol. The molecule has 0 radical (unpaired) electrons. The molecule has 3 atom stereocenters. The number of carbonyl (C=O) groups excluding carboxylic acids is 1. The van der Waals surface area contributed by atoms with Gasteiger partial charge in [-0.2, -0.15) is 0 Å². The number of carbonyl (C=O) groups is 2. The number of piperidine rings is 1. The third-order valence-corrected chi connectivity index (χ3v) is 3.13. The molecule has 0 aromatic carbocycles. The third-order valence-electron chi connectivity index (χ3n) is 3.13. The summed E-state index contributed by atoms with van der Waals surface area (Å²) in [7, 11) is 1.45. The minimum Gasteiger partial charge on any atom is -0.480 e. The van der Waals surface area contributed by atoms with Crippen molar-refractivity contribution in [2.75, 3.05) is 13.7 Å². The summed E-state index contributed by atoms with van der Waals surface area (Å²) < 4.78 is 4.94. The van der Waals surface area contributed by atoms with Crippen molar-refractivity contribution in [3.8, 4) is 0 Å². The molecule has 0 aliphatic carbocycles. The Morgan fingerprint density at radius 1 is 1.50 bits per heavy atom. The lowest BCUT2D eigenvalue weighted by Crippen LogP contribution is -2.52. The number of hydrogen-bond donors (Lipinski definition) is 1. The van der Waals surface area contributed by atoms with Gasteiger partial charge in [-0.15, -0.1) is 0 Å². The fourth-order valence-electron chi connectivity index (χ4n) is 1.97. The zero-order valence-corrected chi connectivity index (χ0v) is 9.97.